The van der Waals surface area contributed by atoms with Crippen molar-refractivity contribution < 1.29 is 15.0 Å². The van der Waals surface area contributed by atoms with Crippen LogP contribution in [0.15, 0.2) is 10.8 Å². The first-order chi connectivity index (χ1) is 7.09. The van der Waals surface area contributed by atoms with Crippen molar-refractivity contribution in [2.45, 2.75) is 19.1 Å². The van der Waals surface area contributed by atoms with Crippen LogP contribution in [-0.2, 0) is 0 Å². The molecule has 1 amide bonds. The Bertz CT molecular complexity index is 366. The fraction of sp³-hybridized carbons (Fsp3) is 0.500. The maximum atomic E-state index is 11.9. The highest BCUT2D eigenvalue weighted by molar-refractivity contribution is 7.08. The molecule has 5 heteroatoms. The van der Waals surface area contributed by atoms with E-state index < -0.39 is 12.2 Å². The Balaban J connectivity index is 2.13. The number of hydrogen-bond acceptors (Lipinski definition) is 4. The van der Waals surface area contributed by atoms with Crippen LogP contribution in [0.5, 0.6) is 0 Å². The van der Waals surface area contributed by atoms with Crippen LogP contribution in [-0.4, -0.2) is 46.3 Å². The summed E-state index contributed by atoms with van der Waals surface area (Å²) in [6.45, 7) is 2.32. The summed E-state index contributed by atoms with van der Waals surface area (Å²) in [5.74, 6) is -0.107. The number of carbonyl (C=O) groups is 1. The molecule has 82 valence electrons. The van der Waals surface area contributed by atoms with Crippen molar-refractivity contribution in [1.29, 1.82) is 0 Å². The van der Waals surface area contributed by atoms with Crippen molar-refractivity contribution in [1.82, 2.24) is 4.90 Å². The van der Waals surface area contributed by atoms with Gasteiger partial charge in [-0.3, -0.25) is 4.79 Å². The predicted octanol–water partition coefficient (Wildman–Crippen LogP) is 0.234. The molecular weight excluding hydrogens is 214 g/mol. The lowest BCUT2D eigenvalue weighted by Gasteiger charge is -2.14. The molecule has 2 heterocycles. The topological polar surface area (TPSA) is 60.8 Å². The quantitative estimate of drug-likeness (QED) is 0.722. The van der Waals surface area contributed by atoms with Gasteiger partial charge in [-0.25, -0.2) is 0 Å². The average molecular weight is 227 g/mol. The van der Waals surface area contributed by atoms with Gasteiger partial charge in [0.05, 0.1) is 17.8 Å². The molecule has 2 N–H and O–H groups in total. The van der Waals surface area contributed by atoms with Gasteiger partial charge in [0, 0.05) is 18.5 Å². The van der Waals surface area contributed by atoms with E-state index in [4.69, 9.17) is 0 Å². The molecule has 1 fully saturated rings. The molecule has 0 bridgehead atoms. The van der Waals surface area contributed by atoms with Crippen LogP contribution in [0.2, 0.25) is 0 Å². The second kappa shape index (κ2) is 3.92. The van der Waals surface area contributed by atoms with E-state index in [1.807, 2.05) is 12.3 Å². The van der Waals surface area contributed by atoms with Gasteiger partial charge in [0.2, 0.25) is 0 Å². The van der Waals surface area contributed by atoms with Crippen molar-refractivity contribution in [3.05, 3.63) is 21.9 Å². The summed E-state index contributed by atoms with van der Waals surface area (Å²) in [6.07, 6.45) is -1.62. The molecular formula is C10H13NO3S. The molecule has 2 unspecified atom stereocenters. The molecule has 0 radical (unpaired) electrons. The normalized spacial score (nSPS) is 25.9. The van der Waals surface area contributed by atoms with E-state index in [0.29, 0.717) is 5.56 Å². The first-order valence-electron chi connectivity index (χ1n) is 4.78. The van der Waals surface area contributed by atoms with Crippen LogP contribution in [0.3, 0.4) is 0 Å². The number of hydrogen-bond donors (Lipinski definition) is 2. The van der Waals surface area contributed by atoms with Crippen LogP contribution in [0.1, 0.15) is 15.9 Å². The summed E-state index contributed by atoms with van der Waals surface area (Å²) in [7, 11) is 0. The van der Waals surface area contributed by atoms with Crippen molar-refractivity contribution in [2.75, 3.05) is 13.1 Å². The zero-order valence-corrected chi connectivity index (χ0v) is 9.20. The molecule has 1 saturated heterocycles. The Hall–Kier alpha value is -0.910. The summed E-state index contributed by atoms with van der Waals surface area (Å²) in [5, 5.41) is 22.4. The maximum absolute atomic E-state index is 11.9. The largest absolute Gasteiger partial charge is 0.388 e. The van der Waals surface area contributed by atoms with Crippen LogP contribution in [0.4, 0.5) is 0 Å². The lowest BCUT2D eigenvalue weighted by molar-refractivity contribution is 0.0572. The third kappa shape index (κ3) is 1.90. The summed E-state index contributed by atoms with van der Waals surface area (Å²) >= 11 is 1.48. The SMILES string of the molecule is Cc1cscc1C(=O)N1CC(O)C(O)C1. The summed E-state index contributed by atoms with van der Waals surface area (Å²) < 4.78 is 0. The molecule has 1 aliphatic rings. The second-order valence-corrected chi connectivity index (χ2v) is 4.56. The van der Waals surface area contributed by atoms with Crippen LogP contribution < -0.4 is 0 Å². The van der Waals surface area contributed by atoms with E-state index in [9.17, 15) is 15.0 Å². The minimum absolute atomic E-state index is 0.107. The molecule has 0 saturated carbocycles. The zero-order chi connectivity index (χ0) is 11.0. The Morgan fingerprint density at radius 3 is 2.47 bits per heavy atom. The fourth-order valence-corrected chi connectivity index (χ4v) is 2.51. The standard InChI is InChI=1S/C10H13NO3S/c1-6-4-15-5-7(6)10(14)11-2-8(12)9(13)3-11/h4-5,8-9,12-13H,2-3H2,1H3. The Labute approximate surface area is 91.8 Å². The van der Waals surface area contributed by atoms with Crippen LogP contribution in [0.25, 0.3) is 0 Å². The molecule has 1 aromatic heterocycles. The van der Waals surface area contributed by atoms with Crippen molar-refractivity contribution >= 4 is 17.2 Å². The summed E-state index contributed by atoms with van der Waals surface area (Å²) in [4.78, 5) is 13.4. The summed E-state index contributed by atoms with van der Waals surface area (Å²) in [6, 6.07) is 0. The highest BCUT2D eigenvalue weighted by Gasteiger charge is 2.33. The number of aryl methyl sites for hydroxylation is 1. The number of aliphatic hydroxyl groups excluding tert-OH is 2. The van der Waals surface area contributed by atoms with E-state index in [1.165, 1.54) is 16.2 Å². The molecule has 4 nitrogen and oxygen atoms in total. The minimum Gasteiger partial charge on any atom is -0.388 e. The van der Waals surface area contributed by atoms with Gasteiger partial charge >= 0.3 is 0 Å². The van der Waals surface area contributed by atoms with Crippen molar-refractivity contribution in [3.63, 3.8) is 0 Å². The molecule has 2 atom stereocenters. The van der Waals surface area contributed by atoms with E-state index in [0.717, 1.165) is 5.56 Å². The van der Waals surface area contributed by atoms with Gasteiger partial charge in [0.1, 0.15) is 0 Å². The maximum Gasteiger partial charge on any atom is 0.255 e. The minimum atomic E-state index is -0.812. The first-order valence-corrected chi connectivity index (χ1v) is 5.72. The van der Waals surface area contributed by atoms with Crippen LogP contribution >= 0.6 is 11.3 Å². The van der Waals surface area contributed by atoms with Gasteiger partial charge in [0.15, 0.2) is 0 Å². The zero-order valence-electron chi connectivity index (χ0n) is 8.38. The number of carbonyl (C=O) groups excluding carboxylic acids is 1. The highest BCUT2D eigenvalue weighted by Crippen LogP contribution is 2.19. The van der Waals surface area contributed by atoms with Gasteiger partial charge in [-0.2, -0.15) is 11.3 Å². The lowest BCUT2D eigenvalue weighted by Crippen LogP contribution is -2.29. The van der Waals surface area contributed by atoms with Crippen molar-refractivity contribution in [3.8, 4) is 0 Å². The highest BCUT2D eigenvalue weighted by atomic mass is 32.1. The number of nitrogens with zero attached hydrogens (tertiary/aromatic N) is 1. The van der Waals surface area contributed by atoms with Gasteiger partial charge < -0.3 is 15.1 Å². The molecule has 0 spiro atoms. The Morgan fingerprint density at radius 2 is 2.00 bits per heavy atom. The number of amides is 1. The van der Waals surface area contributed by atoms with Crippen LogP contribution in [0, 0.1) is 6.92 Å². The monoisotopic (exact) mass is 227 g/mol. The third-order valence-electron chi connectivity index (χ3n) is 2.63. The average Bonchev–Trinajstić information content (AvgIpc) is 2.74. The molecule has 15 heavy (non-hydrogen) atoms. The number of β-amino-alcohol motifs (C(OH)–C–C–N with tert-alkyl or cyclic N) is 2. The van der Waals surface area contributed by atoms with E-state index in [1.54, 1.807) is 5.38 Å². The van der Waals surface area contributed by atoms with E-state index >= 15 is 0 Å². The molecule has 0 aliphatic carbocycles. The number of rotatable bonds is 1. The molecule has 1 aliphatic heterocycles. The Morgan fingerprint density at radius 1 is 1.40 bits per heavy atom. The Kier molecular flexibility index (Phi) is 2.77. The third-order valence-corrected chi connectivity index (χ3v) is 3.49. The molecule has 1 aromatic rings. The van der Waals surface area contributed by atoms with Gasteiger partial charge in [0.25, 0.3) is 5.91 Å². The smallest absolute Gasteiger partial charge is 0.255 e. The fourth-order valence-electron chi connectivity index (χ4n) is 1.69. The van der Waals surface area contributed by atoms with Crippen molar-refractivity contribution in [2.24, 2.45) is 0 Å². The van der Waals surface area contributed by atoms with Gasteiger partial charge in [-0.1, -0.05) is 0 Å². The number of thiophene rings is 1. The lowest BCUT2D eigenvalue weighted by atomic mass is 10.2. The first kappa shape index (κ1) is 10.6. The molecule has 2 rings (SSSR count). The van der Waals surface area contributed by atoms with E-state index in [2.05, 4.69) is 0 Å². The van der Waals surface area contributed by atoms with Gasteiger partial charge in [-0.15, -0.1) is 0 Å². The second-order valence-electron chi connectivity index (χ2n) is 3.81. The van der Waals surface area contributed by atoms with E-state index in [-0.39, 0.29) is 19.0 Å². The molecule has 0 aromatic carbocycles. The number of aliphatic hydroxyl groups is 2. The predicted molar refractivity (Wildman–Crippen MR) is 57.0 cm³/mol. The number of likely N-dealkylation sites (tertiary alicyclic amines) is 1. The van der Waals surface area contributed by atoms with Gasteiger partial charge in [-0.05, 0) is 17.9 Å². The summed E-state index contributed by atoms with van der Waals surface area (Å²) in [5.41, 5.74) is 1.61.